The lowest BCUT2D eigenvalue weighted by molar-refractivity contribution is 0.737. The van der Waals surface area contributed by atoms with Crippen LogP contribution in [0, 0.1) is 0 Å². The molecule has 0 fully saturated rings. The summed E-state index contributed by atoms with van der Waals surface area (Å²) in [5.41, 5.74) is 24.8. The molecule has 1 atom stereocenters. The number of hydrogen-bond donors (Lipinski definition) is 0. The van der Waals surface area contributed by atoms with E-state index in [-0.39, 0.29) is 23.7 Å². The quantitative estimate of drug-likeness (QED) is 0.100. The highest BCUT2D eigenvalue weighted by atomic mass is 15.2. The standard InChI is InChI=1S/C91H80N2/c1-59(2)73-36-25-37-74(60(3)4)88(73)92(71-51-47-69(48-52-71)90(67-30-15-11-16-31-67)63(9)27-13-10-14-28-64-29-19-22-40-81(64)90)84-57-45-65-44-56-80-85(58-46-66-43-55-79(84)86(65)87(66)80)93(89-75(61(5)6)38-26-39-76(89)62(7)8)72-53-49-70(50-54-72)91(68-32-17-12-18-33-68)82-41-23-20-34-77(82)78-35-21-24-42-83(78)91/h10-27,29-62H,9,28H2,1-8H3/b14-10-,27-13-. The van der Waals surface area contributed by atoms with Crippen LogP contribution in [-0.4, -0.2) is 0 Å². The molecule has 0 heterocycles. The minimum atomic E-state index is -0.659. The first-order valence-electron chi connectivity index (χ1n) is 33.6. The van der Waals surface area contributed by atoms with Gasteiger partial charge in [-0.15, -0.1) is 0 Å². The van der Waals surface area contributed by atoms with Crippen LogP contribution in [0.5, 0.6) is 0 Å². The number of benzene rings is 13. The molecule has 0 bridgehead atoms. The van der Waals surface area contributed by atoms with Gasteiger partial charge >= 0.3 is 0 Å². The maximum Gasteiger partial charge on any atom is 0.0713 e. The molecule has 15 rings (SSSR count). The highest BCUT2D eigenvalue weighted by Gasteiger charge is 2.46. The van der Waals surface area contributed by atoms with Crippen molar-refractivity contribution in [2.24, 2.45) is 0 Å². The third-order valence-electron chi connectivity index (χ3n) is 20.5. The van der Waals surface area contributed by atoms with E-state index < -0.39 is 10.8 Å². The molecule has 2 aliphatic rings. The Labute approximate surface area is 550 Å². The molecule has 2 heteroatoms. The summed E-state index contributed by atoms with van der Waals surface area (Å²) in [7, 11) is 0. The highest BCUT2D eigenvalue weighted by molar-refractivity contribution is 6.28. The Morgan fingerprint density at radius 2 is 0.710 bits per heavy atom. The number of nitrogens with zero attached hydrogens (tertiary/aromatic N) is 2. The van der Waals surface area contributed by atoms with Gasteiger partial charge in [0.15, 0.2) is 0 Å². The van der Waals surface area contributed by atoms with Gasteiger partial charge in [-0.25, -0.2) is 0 Å². The molecule has 454 valence electrons. The molecule has 93 heavy (non-hydrogen) atoms. The lowest BCUT2D eigenvalue weighted by Crippen LogP contribution is -2.32. The van der Waals surface area contributed by atoms with Crippen LogP contribution < -0.4 is 9.80 Å². The summed E-state index contributed by atoms with van der Waals surface area (Å²) in [4.78, 5) is 5.23. The van der Waals surface area contributed by atoms with E-state index in [4.69, 9.17) is 6.58 Å². The topological polar surface area (TPSA) is 6.48 Å². The molecule has 1 unspecified atom stereocenters. The van der Waals surface area contributed by atoms with Crippen molar-refractivity contribution in [2.45, 2.75) is 96.3 Å². The van der Waals surface area contributed by atoms with E-state index in [0.717, 1.165) is 34.7 Å². The average molecular weight is 1200 g/mol. The van der Waals surface area contributed by atoms with Gasteiger partial charge in [0.05, 0.1) is 33.6 Å². The molecular formula is C91H80N2. The van der Waals surface area contributed by atoms with Gasteiger partial charge in [-0.3, -0.25) is 0 Å². The average Bonchev–Trinajstić information content (AvgIpc) is 1.67. The van der Waals surface area contributed by atoms with Crippen molar-refractivity contribution in [3.63, 3.8) is 0 Å². The Bertz CT molecular complexity index is 4920. The summed E-state index contributed by atoms with van der Waals surface area (Å²) >= 11 is 0. The monoisotopic (exact) mass is 1200 g/mol. The summed E-state index contributed by atoms with van der Waals surface area (Å²) in [6.07, 6.45) is 9.63. The van der Waals surface area contributed by atoms with Gasteiger partial charge in [-0.1, -0.05) is 317 Å². The number of anilines is 6. The van der Waals surface area contributed by atoms with Crippen LogP contribution >= 0.6 is 0 Å². The van der Waals surface area contributed by atoms with E-state index >= 15 is 0 Å². The Morgan fingerprint density at radius 3 is 1.16 bits per heavy atom. The summed E-state index contributed by atoms with van der Waals surface area (Å²) in [5.74, 6) is 1.02. The molecule has 0 saturated carbocycles. The number of allylic oxidation sites excluding steroid dienone is 5. The zero-order valence-corrected chi connectivity index (χ0v) is 54.8. The lowest BCUT2D eigenvalue weighted by atomic mass is 9.63. The Balaban J connectivity index is 0.958. The molecule has 0 radical (unpaired) electrons. The third kappa shape index (κ3) is 9.43. The molecule has 0 spiro atoms. The Kier molecular flexibility index (Phi) is 15.1. The normalized spacial score (nSPS) is 15.8. The van der Waals surface area contributed by atoms with Crippen molar-refractivity contribution in [3.05, 3.63) is 370 Å². The van der Waals surface area contributed by atoms with E-state index in [1.807, 2.05) is 0 Å². The Morgan fingerprint density at radius 1 is 0.333 bits per heavy atom. The van der Waals surface area contributed by atoms with Crippen LogP contribution in [-0.2, 0) is 17.3 Å². The van der Waals surface area contributed by atoms with Crippen LogP contribution in [0.3, 0.4) is 0 Å². The smallest absolute Gasteiger partial charge is 0.0713 e. The predicted molar refractivity (Wildman–Crippen MR) is 397 cm³/mol. The zero-order valence-electron chi connectivity index (χ0n) is 54.8. The van der Waals surface area contributed by atoms with Gasteiger partial charge in [0.2, 0.25) is 0 Å². The second-order valence-electron chi connectivity index (χ2n) is 27.0. The van der Waals surface area contributed by atoms with E-state index in [1.165, 1.54) is 122 Å². The molecule has 0 aromatic heterocycles. The second-order valence-corrected chi connectivity index (χ2v) is 27.0. The van der Waals surface area contributed by atoms with E-state index in [0.29, 0.717) is 0 Å². The summed E-state index contributed by atoms with van der Waals surface area (Å²) < 4.78 is 0. The molecular weight excluding hydrogens is 1120 g/mol. The molecule has 13 aromatic carbocycles. The van der Waals surface area contributed by atoms with Crippen LogP contribution in [0.1, 0.15) is 146 Å². The fraction of sp³-hybridized carbons (Fsp3) is 0.165. The van der Waals surface area contributed by atoms with Crippen LogP contribution in [0.15, 0.2) is 303 Å². The van der Waals surface area contributed by atoms with Gasteiger partial charge in [0, 0.05) is 22.1 Å². The fourth-order valence-corrected chi connectivity index (χ4v) is 16.3. The molecule has 2 aliphatic carbocycles. The predicted octanol–water partition coefficient (Wildman–Crippen LogP) is 24.9. The number of para-hydroxylation sites is 2. The number of hydrogen-bond acceptors (Lipinski definition) is 2. The highest BCUT2D eigenvalue weighted by Crippen LogP contribution is 2.58. The maximum absolute atomic E-state index is 4.94. The minimum Gasteiger partial charge on any atom is -0.309 e. The van der Waals surface area contributed by atoms with E-state index in [9.17, 15) is 0 Å². The molecule has 0 saturated heterocycles. The van der Waals surface area contributed by atoms with Crippen molar-refractivity contribution in [2.75, 3.05) is 9.80 Å². The Hall–Kier alpha value is -10.3. The minimum absolute atomic E-state index is 0.251. The van der Waals surface area contributed by atoms with E-state index in [2.05, 4.69) is 356 Å². The lowest BCUT2D eigenvalue weighted by Gasteiger charge is -2.39. The van der Waals surface area contributed by atoms with Gasteiger partial charge < -0.3 is 9.80 Å². The summed E-state index contributed by atoms with van der Waals surface area (Å²) in [6.45, 7) is 23.7. The molecule has 0 amide bonds. The van der Waals surface area contributed by atoms with Gasteiger partial charge in [0.1, 0.15) is 0 Å². The number of rotatable bonds is 14. The van der Waals surface area contributed by atoms with Gasteiger partial charge in [0.25, 0.3) is 0 Å². The zero-order chi connectivity index (χ0) is 63.7. The van der Waals surface area contributed by atoms with E-state index in [1.54, 1.807) is 0 Å². The van der Waals surface area contributed by atoms with Crippen molar-refractivity contribution in [1.82, 2.24) is 0 Å². The molecule has 2 nitrogen and oxygen atoms in total. The SMILES string of the molecule is C=C1/C=C\C=C/Cc2ccccc2C1(c1ccccc1)c1ccc(N(c2c(C(C)C)cccc2C(C)C)c2ccc3ccc4c(N(c5ccc(C6(c7ccccc7)c7ccccc7-c7ccccc76)cc5)c5c(C(C)C)cccc5C(C)C)ccc5ccc2c3c54)cc1. The van der Waals surface area contributed by atoms with Crippen molar-refractivity contribution in [3.8, 4) is 11.1 Å². The van der Waals surface area contributed by atoms with Crippen LogP contribution in [0.25, 0.3) is 43.4 Å². The molecule has 13 aromatic rings. The first kappa shape index (κ1) is 59.1. The molecule has 0 aliphatic heterocycles. The first-order valence-corrected chi connectivity index (χ1v) is 33.6. The van der Waals surface area contributed by atoms with Crippen molar-refractivity contribution >= 4 is 66.4 Å². The fourth-order valence-electron chi connectivity index (χ4n) is 16.3. The maximum atomic E-state index is 4.94. The van der Waals surface area contributed by atoms with Crippen molar-refractivity contribution < 1.29 is 0 Å². The van der Waals surface area contributed by atoms with Crippen LogP contribution in [0.2, 0.25) is 0 Å². The van der Waals surface area contributed by atoms with Crippen LogP contribution in [0.4, 0.5) is 34.1 Å². The second kappa shape index (κ2) is 23.8. The summed E-state index contributed by atoms with van der Waals surface area (Å²) in [5, 5.41) is 7.39. The van der Waals surface area contributed by atoms with Crippen molar-refractivity contribution in [1.29, 1.82) is 0 Å². The first-order chi connectivity index (χ1) is 45.4. The largest absolute Gasteiger partial charge is 0.309 e. The number of fused-ring (bicyclic) bond motifs is 4. The van der Waals surface area contributed by atoms with Gasteiger partial charge in [-0.05, 0) is 171 Å². The van der Waals surface area contributed by atoms with Gasteiger partial charge in [-0.2, -0.15) is 0 Å². The molecule has 0 N–H and O–H groups in total. The third-order valence-corrected chi connectivity index (χ3v) is 20.5. The summed E-state index contributed by atoms with van der Waals surface area (Å²) in [6, 6.07) is 102.